The molecule has 0 bridgehead atoms. The number of aryl methyl sites for hydroxylation is 1. The molecule has 2 aromatic heterocycles. The molecule has 0 unspecified atom stereocenters. The van der Waals surface area contributed by atoms with Crippen molar-refractivity contribution in [2.24, 2.45) is 0 Å². The van der Waals surface area contributed by atoms with Gasteiger partial charge in [-0.2, -0.15) is 0 Å². The molecule has 0 spiro atoms. The van der Waals surface area contributed by atoms with E-state index in [1.165, 1.54) is 7.11 Å². The molecule has 0 aliphatic carbocycles. The van der Waals surface area contributed by atoms with Crippen molar-refractivity contribution in [3.8, 4) is 17.3 Å². The number of nitrogen functional groups attached to an aromatic ring is 1. The van der Waals surface area contributed by atoms with Crippen LogP contribution in [0.15, 0.2) is 22.6 Å². The van der Waals surface area contributed by atoms with Crippen LogP contribution in [0.25, 0.3) is 11.5 Å². The fraction of sp³-hybridized carbons (Fsp3) is 0.200. The van der Waals surface area contributed by atoms with E-state index in [-0.39, 0.29) is 0 Å². The summed E-state index contributed by atoms with van der Waals surface area (Å²) in [6.45, 7) is 1.86. The summed E-state index contributed by atoms with van der Waals surface area (Å²) in [6.07, 6.45) is 0. The van der Waals surface area contributed by atoms with E-state index in [4.69, 9.17) is 14.9 Å². The Bertz CT molecular complexity index is 479. The summed E-state index contributed by atoms with van der Waals surface area (Å²) in [7, 11) is 1.50. The summed E-state index contributed by atoms with van der Waals surface area (Å²) in [5, 5.41) is 7.77. The van der Waals surface area contributed by atoms with Crippen LogP contribution >= 0.6 is 0 Å². The van der Waals surface area contributed by atoms with Gasteiger partial charge in [-0.15, -0.1) is 10.2 Å². The third kappa shape index (κ3) is 1.76. The lowest BCUT2D eigenvalue weighted by molar-refractivity contribution is 0.394. The average Bonchev–Trinajstić information content (AvgIpc) is 2.65. The second-order valence-electron chi connectivity index (χ2n) is 3.10. The maximum Gasteiger partial charge on any atom is 0.256 e. The SMILES string of the molecule is COc1nnc(-c2ccc(C)o2)cc1N. The maximum absolute atomic E-state index is 5.71. The Morgan fingerprint density at radius 2 is 2.13 bits per heavy atom. The Hall–Kier alpha value is -2.04. The molecule has 0 saturated carbocycles. The van der Waals surface area contributed by atoms with Gasteiger partial charge in [0, 0.05) is 0 Å². The number of rotatable bonds is 2. The molecule has 0 aromatic carbocycles. The number of ether oxygens (including phenoxy) is 1. The Morgan fingerprint density at radius 1 is 1.33 bits per heavy atom. The Balaban J connectivity index is 2.42. The highest BCUT2D eigenvalue weighted by molar-refractivity contribution is 5.60. The molecule has 0 atom stereocenters. The highest BCUT2D eigenvalue weighted by Gasteiger charge is 2.08. The summed E-state index contributed by atoms with van der Waals surface area (Å²) in [6, 6.07) is 5.35. The molecule has 0 amide bonds. The zero-order valence-corrected chi connectivity index (χ0v) is 8.52. The predicted octanol–water partition coefficient (Wildman–Crippen LogP) is 1.64. The zero-order chi connectivity index (χ0) is 10.8. The monoisotopic (exact) mass is 205 g/mol. The average molecular weight is 205 g/mol. The Morgan fingerprint density at radius 3 is 2.67 bits per heavy atom. The van der Waals surface area contributed by atoms with E-state index < -0.39 is 0 Å². The van der Waals surface area contributed by atoms with Gasteiger partial charge >= 0.3 is 0 Å². The molecule has 5 heteroatoms. The lowest BCUT2D eigenvalue weighted by atomic mass is 10.3. The maximum atomic E-state index is 5.71. The summed E-state index contributed by atoms with van der Waals surface area (Å²) >= 11 is 0. The molecule has 15 heavy (non-hydrogen) atoms. The number of furan rings is 1. The van der Waals surface area contributed by atoms with E-state index in [1.807, 2.05) is 19.1 Å². The first-order valence-electron chi connectivity index (χ1n) is 4.44. The first-order valence-corrected chi connectivity index (χ1v) is 4.44. The van der Waals surface area contributed by atoms with Crippen molar-refractivity contribution in [1.29, 1.82) is 0 Å². The lowest BCUT2D eigenvalue weighted by Crippen LogP contribution is -1.98. The lowest BCUT2D eigenvalue weighted by Gasteiger charge is -2.02. The molecule has 0 fully saturated rings. The smallest absolute Gasteiger partial charge is 0.256 e. The molecular formula is C10H11N3O2. The van der Waals surface area contributed by atoms with E-state index in [1.54, 1.807) is 6.07 Å². The van der Waals surface area contributed by atoms with E-state index in [0.717, 1.165) is 5.76 Å². The third-order valence-electron chi connectivity index (χ3n) is 1.97. The van der Waals surface area contributed by atoms with E-state index >= 15 is 0 Å². The first-order chi connectivity index (χ1) is 7.20. The Kier molecular flexibility index (Phi) is 2.29. The molecule has 78 valence electrons. The van der Waals surface area contributed by atoms with Crippen LogP contribution in [0, 0.1) is 6.92 Å². The van der Waals surface area contributed by atoms with Crippen LogP contribution in [0.1, 0.15) is 5.76 Å². The fourth-order valence-corrected chi connectivity index (χ4v) is 1.25. The van der Waals surface area contributed by atoms with Gasteiger partial charge in [-0.3, -0.25) is 0 Å². The van der Waals surface area contributed by atoms with Gasteiger partial charge in [0.1, 0.15) is 11.5 Å². The van der Waals surface area contributed by atoms with Gasteiger partial charge in [0.25, 0.3) is 5.88 Å². The number of anilines is 1. The topological polar surface area (TPSA) is 74.2 Å². The number of aromatic nitrogens is 2. The second kappa shape index (κ2) is 3.61. The van der Waals surface area contributed by atoms with Crippen LogP contribution < -0.4 is 10.5 Å². The fourth-order valence-electron chi connectivity index (χ4n) is 1.25. The standard InChI is InChI=1S/C10H11N3O2/c1-6-3-4-9(15-6)8-5-7(11)10(14-2)13-12-8/h3-5H,1-2H3,(H2,11,12). The van der Waals surface area contributed by atoms with Crippen LogP contribution in [0.2, 0.25) is 0 Å². The number of hydrogen-bond acceptors (Lipinski definition) is 5. The number of methoxy groups -OCH3 is 1. The number of nitrogens with zero attached hydrogens (tertiary/aromatic N) is 2. The minimum absolute atomic E-state index is 0.321. The van der Waals surface area contributed by atoms with Crippen LogP contribution in [0.5, 0.6) is 5.88 Å². The molecule has 2 aromatic rings. The summed E-state index contributed by atoms with van der Waals surface area (Å²) in [4.78, 5) is 0. The molecule has 0 aliphatic heterocycles. The normalized spacial score (nSPS) is 10.3. The predicted molar refractivity (Wildman–Crippen MR) is 55.4 cm³/mol. The first kappa shape index (κ1) is 9.51. The van der Waals surface area contributed by atoms with Crippen molar-refractivity contribution in [3.05, 3.63) is 24.0 Å². The summed E-state index contributed by atoms with van der Waals surface area (Å²) in [5.41, 5.74) is 6.75. The minimum Gasteiger partial charge on any atom is -0.478 e. The van der Waals surface area contributed by atoms with Gasteiger partial charge in [-0.05, 0) is 25.1 Å². The van der Waals surface area contributed by atoms with Crippen LogP contribution in [0.3, 0.4) is 0 Å². The van der Waals surface area contributed by atoms with Crippen LogP contribution in [0.4, 0.5) is 5.69 Å². The van der Waals surface area contributed by atoms with Crippen molar-refractivity contribution in [3.63, 3.8) is 0 Å². The van der Waals surface area contributed by atoms with Gasteiger partial charge in [-0.1, -0.05) is 0 Å². The molecule has 5 nitrogen and oxygen atoms in total. The van der Waals surface area contributed by atoms with Crippen molar-refractivity contribution in [2.75, 3.05) is 12.8 Å². The van der Waals surface area contributed by atoms with E-state index in [9.17, 15) is 0 Å². The van der Waals surface area contributed by atoms with Gasteiger partial charge in [-0.25, -0.2) is 0 Å². The Labute approximate surface area is 86.9 Å². The highest BCUT2D eigenvalue weighted by Crippen LogP contribution is 2.24. The van der Waals surface area contributed by atoms with Gasteiger partial charge in [0.05, 0.1) is 12.8 Å². The van der Waals surface area contributed by atoms with Gasteiger partial charge in [0.15, 0.2) is 5.76 Å². The summed E-state index contributed by atoms with van der Waals surface area (Å²) < 4.78 is 10.3. The molecule has 0 saturated heterocycles. The molecule has 2 rings (SSSR count). The van der Waals surface area contributed by atoms with Crippen molar-refractivity contribution in [2.45, 2.75) is 6.92 Å². The minimum atomic E-state index is 0.321. The number of hydrogen-bond donors (Lipinski definition) is 1. The van der Waals surface area contributed by atoms with Crippen molar-refractivity contribution >= 4 is 5.69 Å². The van der Waals surface area contributed by atoms with E-state index in [2.05, 4.69) is 10.2 Å². The molecule has 0 radical (unpaired) electrons. The summed E-state index contributed by atoms with van der Waals surface area (Å²) in [5.74, 6) is 1.79. The van der Waals surface area contributed by atoms with Crippen LogP contribution in [-0.2, 0) is 0 Å². The molecule has 2 N–H and O–H groups in total. The van der Waals surface area contributed by atoms with Crippen molar-refractivity contribution < 1.29 is 9.15 Å². The quantitative estimate of drug-likeness (QED) is 0.806. The zero-order valence-electron chi connectivity index (χ0n) is 8.52. The van der Waals surface area contributed by atoms with Crippen LogP contribution in [-0.4, -0.2) is 17.3 Å². The number of nitrogens with two attached hydrogens (primary N) is 1. The molecule has 2 heterocycles. The van der Waals surface area contributed by atoms with Gasteiger partial charge < -0.3 is 14.9 Å². The largest absolute Gasteiger partial charge is 0.478 e. The second-order valence-corrected chi connectivity index (χ2v) is 3.10. The van der Waals surface area contributed by atoms with Gasteiger partial charge in [0.2, 0.25) is 0 Å². The molecule has 0 aliphatic rings. The molecular weight excluding hydrogens is 194 g/mol. The highest BCUT2D eigenvalue weighted by atomic mass is 16.5. The van der Waals surface area contributed by atoms with E-state index in [0.29, 0.717) is 23.0 Å². The third-order valence-corrected chi connectivity index (χ3v) is 1.97. The van der Waals surface area contributed by atoms with Crippen molar-refractivity contribution in [1.82, 2.24) is 10.2 Å².